The SMILES string of the molecule is O=C([O-])Cc1csc(-c2cc(Cl)ccc2OCc2ccccc2F)n1. The van der Waals surface area contributed by atoms with Crippen molar-refractivity contribution in [2.45, 2.75) is 13.0 Å². The molecule has 0 atom stereocenters. The number of hydrogen-bond donors (Lipinski definition) is 0. The van der Waals surface area contributed by atoms with Crippen molar-refractivity contribution in [2.75, 3.05) is 0 Å². The Kier molecular flexibility index (Phi) is 5.31. The fourth-order valence-corrected chi connectivity index (χ4v) is 3.24. The number of ether oxygens (including phenoxy) is 1. The number of hydrogen-bond acceptors (Lipinski definition) is 5. The molecule has 1 aromatic heterocycles. The molecule has 0 bridgehead atoms. The number of carboxylic acid groups (broad SMARTS) is 1. The highest BCUT2D eigenvalue weighted by Gasteiger charge is 2.13. The number of aliphatic carboxylic acids is 1. The zero-order chi connectivity index (χ0) is 17.8. The number of thiazole rings is 1. The van der Waals surface area contributed by atoms with E-state index in [1.54, 1.807) is 41.8 Å². The molecule has 0 radical (unpaired) electrons. The minimum atomic E-state index is -1.20. The van der Waals surface area contributed by atoms with Crippen LogP contribution >= 0.6 is 22.9 Å². The Labute approximate surface area is 152 Å². The minimum Gasteiger partial charge on any atom is -0.550 e. The van der Waals surface area contributed by atoms with Crippen LogP contribution in [0.25, 0.3) is 10.6 Å². The van der Waals surface area contributed by atoms with Gasteiger partial charge in [-0.15, -0.1) is 11.3 Å². The van der Waals surface area contributed by atoms with Gasteiger partial charge in [-0.25, -0.2) is 9.37 Å². The van der Waals surface area contributed by atoms with E-state index in [1.165, 1.54) is 17.4 Å². The Morgan fingerprint density at radius 3 is 2.84 bits per heavy atom. The first kappa shape index (κ1) is 17.4. The number of aromatic nitrogens is 1. The first-order valence-electron chi connectivity index (χ1n) is 7.33. The molecule has 0 saturated heterocycles. The average molecular weight is 377 g/mol. The molecule has 0 unspecified atom stereocenters. The number of rotatable bonds is 6. The van der Waals surface area contributed by atoms with Crippen LogP contribution in [0.5, 0.6) is 5.75 Å². The van der Waals surface area contributed by atoms with Gasteiger partial charge in [-0.05, 0) is 24.3 Å². The van der Waals surface area contributed by atoms with Gasteiger partial charge < -0.3 is 14.6 Å². The summed E-state index contributed by atoms with van der Waals surface area (Å²) in [5, 5.41) is 13.4. The predicted molar refractivity (Wildman–Crippen MR) is 92.0 cm³/mol. The van der Waals surface area contributed by atoms with E-state index < -0.39 is 5.97 Å². The van der Waals surface area contributed by atoms with Gasteiger partial charge in [0.2, 0.25) is 0 Å². The molecule has 7 heteroatoms. The molecule has 0 aliphatic heterocycles. The van der Waals surface area contributed by atoms with Crippen LogP contribution in [-0.4, -0.2) is 11.0 Å². The molecule has 3 aromatic rings. The third kappa shape index (κ3) is 4.35. The Morgan fingerprint density at radius 2 is 2.08 bits per heavy atom. The molecule has 0 N–H and O–H groups in total. The quantitative estimate of drug-likeness (QED) is 0.660. The molecule has 0 saturated carbocycles. The zero-order valence-electron chi connectivity index (χ0n) is 12.9. The summed E-state index contributed by atoms with van der Waals surface area (Å²) < 4.78 is 19.5. The number of carbonyl (C=O) groups excluding carboxylic acids is 1. The lowest BCUT2D eigenvalue weighted by atomic mass is 10.2. The summed E-state index contributed by atoms with van der Waals surface area (Å²) in [4.78, 5) is 15.0. The lowest BCUT2D eigenvalue weighted by Crippen LogP contribution is -2.24. The maximum absolute atomic E-state index is 13.7. The van der Waals surface area contributed by atoms with Crippen LogP contribution in [0.3, 0.4) is 0 Å². The summed E-state index contributed by atoms with van der Waals surface area (Å²) >= 11 is 7.33. The molecule has 0 spiro atoms. The number of halogens is 2. The number of nitrogens with zero attached hydrogens (tertiary/aromatic N) is 1. The van der Waals surface area contributed by atoms with Gasteiger partial charge in [-0.1, -0.05) is 29.8 Å². The third-order valence-electron chi connectivity index (χ3n) is 3.39. The van der Waals surface area contributed by atoms with Gasteiger partial charge in [-0.2, -0.15) is 0 Å². The Balaban J connectivity index is 1.86. The summed E-state index contributed by atoms with van der Waals surface area (Å²) in [5.74, 6) is -1.05. The normalized spacial score (nSPS) is 10.6. The first-order chi connectivity index (χ1) is 12.0. The van der Waals surface area contributed by atoms with Gasteiger partial charge in [0.15, 0.2) is 0 Å². The minimum absolute atomic E-state index is 0.0542. The van der Waals surface area contributed by atoms with E-state index in [0.29, 0.717) is 32.6 Å². The van der Waals surface area contributed by atoms with Gasteiger partial charge >= 0.3 is 0 Å². The molecule has 0 aliphatic carbocycles. The maximum atomic E-state index is 13.7. The predicted octanol–water partition coefficient (Wildman–Crippen LogP) is 3.47. The molecule has 128 valence electrons. The van der Waals surface area contributed by atoms with Crippen LogP contribution in [0.15, 0.2) is 47.8 Å². The van der Waals surface area contributed by atoms with Crippen molar-refractivity contribution in [1.82, 2.24) is 4.98 Å². The second-order valence-corrected chi connectivity index (χ2v) is 6.51. The summed E-state index contributed by atoms with van der Waals surface area (Å²) in [5.41, 5.74) is 1.46. The average Bonchev–Trinajstić information content (AvgIpc) is 3.02. The molecule has 0 amide bonds. The smallest absolute Gasteiger partial charge is 0.130 e. The Morgan fingerprint density at radius 1 is 1.28 bits per heavy atom. The van der Waals surface area contributed by atoms with Crippen molar-refractivity contribution in [1.29, 1.82) is 0 Å². The fraction of sp³-hybridized carbons (Fsp3) is 0.111. The van der Waals surface area contributed by atoms with E-state index in [9.17, 15) is 14.3 Å². The zero-order valence-corrected chi connectivity index (χ0v) is 14.4. The molecule has 2 aromatic carbocycles. The monoisotopic (exact) mass is 376 g/mol. The van der Waals surface area contributed by atoms with Crippen LogP contribution in [0.1, 0.15) is 11.3 Å². The molecule has 1 heterocycles. The lowest BCUT2D eigenvalue weighted by molar-refractivity contribution is -0.304. The highest BCUT2D eigenvalue weighted by atomic mass is 35.5. The Hall–Kier alpha value is -2.44. The van der Waals surface area contributed by atoms with Gasteiger partial charge in [0.05, 0.1) is 11.3 Å². The van der Waals surface area contributed by atoms with Crippen LogP contribution in [0, 0.1) is 5.82 Å². The van der Waals surface area contributed by atoms with E-state index in [0.717, 1.165) is 0 Å². The summed E-state index contributed by atoms with van der Waals surface area (Å²) in [6.07, 6.45) is -0.261. The molecule has 25 heavy (non-hydrogen) atoms. The highest BCUT2D eigenvalue weighted by Crippen LogP contribution is 2.35. The van der Waals surface area contributed by atoms with E-state index in [1.807, 2.05) is 0 Å². The van der Waals surface area contributed by atoms with Gasteiger partial charge in [0, 0.05) is 28.4 Å². The molecular weight excluding hydrogens is 365 g/mol. The van der Waals surface area contributed by atoms with Gasteiger partial charge in [0.1, 0.15) is 23.2 Å². The largest absolute Gasteiger partial charge is 0.550 e. The molecule has 0 aliphatic rings. The third-order valence-corrected chi connectivity index (χ3v) is 4.55. The summed E-state index contributed by atoms with van der Waals surface area (Å²) in [6.45, 7) is 0.0542. The first-order valence-corrected chi connectivity index (χ1v) is 8.59. The second-order valence-electron chi connectivity index (χ2n) is 5.21. The van der Waals surface area contributed by atoms with Gasteiger partial charge in [0.25, 0.3) is 0 Å². The molecule has 3 rings (SSSR count). The molecule has 4 nitrogen and oxygen atoms in total. The van der Waals surface area contributed by atoms with Crippen molar-refractivity contribution in [3.63, 3.8) is 0 Å². The van der Waals surface area contributed by atoms with Crippen molar-refractivity contribution in [3.8, 4) is 16.3 Å². The summed E-state index contributed by atoms with van der Waals surface area (Å²) in [6, 6.07) is 11.4. The van der Waals surface area contributed by atoms with Crippen molar-refractivity contribution in [3.05, 3.63) is 69.9 Å². The molecular formula is C18H12ClFNO3S-. The van der Waals surface area contributed by atoms with E-state index in [2.05, 4.69) is 4.98 Å². The van der Waals surface area contributed by atoms with Crippen LogP contribution < -0.4 is 9.84 Å². The Bertz CT molecular complexity index is 913. The standard InChI is InChI=1S/C18H13ClFNO3S/c19-12-5-6-16(24-9-11-3-1-2-4-15(11)20)14(7-12)18-21-13(10-25-18)8-17(22)23/h1-7,10H,8-9H2,(H,22,23)/p-1. The van der Waals surface area contributed by atoms with Gasteiger partial charge in [-0.3, -0.25) is 0 Å². The van der Waals surface area contributed by atoms with Crippen molar-refractivity contribution in [2.24, 2.45) is 0 Å². The van der Waals surface area contributed by atoms with Crippen LogP contribution in [-0.2, 0) is 17.8 Å². The lowest BCUT2D eigenvalue weighted by Gasteiger charge is -2.11. The number of carbonyl (C=O) groups is 1. The van der Waals surface area contributed by atoms with Crippen LogP contribution in [0.2, 0.25) is 5.02 Å². The van der Waals surface area contributed by atoms with Crippen molar-refractivity contribution < 1.29 is 19.0 Å². The topological polar surface area (TPSA) is 62.2 Å². The second kappa shape index (κ2) is 7.63. The van der Waals surface area contributed by atoms with Crippen LogP contribution in [0.4, 0.5) is 4.39 Å². The van der Waals surface area contributed by atoms with E-state index in [4.69, 9.17) is 16.3 Å². The molecule has 0 fully saturated rings. The van der Waals surface area contributed by atoms with E-state index in [-0.39, 0.29) is 18.8 Å². The summed E-state index contributed by atoms with van der Waals surface area (Å²) in [7, 11) is 0. The number of carboxylic acids is 1. The fourth-order valence-electron chi connectivity index (χ4n) is 2.23. The van der Waals surface area contributed by atoms with Crippen molar-refractivity contribution >= 4 is 28.9 Å². The maximum Gasteiger partial charge on any atom is 0.130 e. The highest BCUT2D eigenvalue weighted by molar-refractivity contribution is 7.13. The van der Waals surface area contributed by atoms with E-state index >= 15 is 0 Å². The number of benzene rings is 2.